The minimum atomic E-state index is 0.450. The molecule has 5 heteroatoms. The fourth-order valence-electron chi connectivity index (χ4n) is 2.31. The Morgan fingerprint density at radius 3 is 3.19 bits per heavy atom. The van der Waals surface area contributed by atoms with E-state index in [1.807, 2.05) is 22.7 Å². The van der Waals surface area contributed by atoms with Gasteiger partial charge in [-0.3, -0.25) is 4.40 Å². The predicted molar refractivity (Wildman–Crippen MR) is 62.2 cm³/mol. The van der Waals surface area contributed by atoms with Crippen LogP contribution < -0.4 is 11.1 Å². The van der Waals surface area contributed by atoms with Crippen LogP contribution in [0.15, 0.2) is 18.3 Å². The first-order chi connectivity index (χ1) is 7.86. The molecule has 2 aromatic rings. The maximum Gasteiger partial charge on any atom is 0.183 e. The fourth-order valence-corrected chi connectivity index (χ4v) is 2.31. The number of nitrogens with two attached hydrogens (primary N) is 1. The Kier molecular flexibility index (Phi) is 2.25. The van der Waals surface area contributed by atoms with Gasteiger partial charge in [0.25, 0.3) is 0 Å². The molecule has 1 fully saturated rings. The van der Waals surface area contributed by atoms with Crippen molar-refractivity contribution in [1.82, 2.24) is 19.9 Å². The molecule has 3 heterocycles. The second-order valence-electron chi connectivity index (χ2n) is 4.26. The highest BCUT2D eigenvalue weighted by Gasteiger charge is 2.20. The summed E-state index contributed by atoms with van der Waals surface area (Å²) >= 11 is 0. The van der Waals surface area contributed by atoms with Gasteiger partial charge in [0.2, 0.25) is 0 Å². The average Bonchev–Trinajstić information content (AvgIpc) is 2.75. The van der Waals surface area contributed by atoms with Crippen LogP contribution in [0.5, 0.6) is 0 Å². The van der Waals surface area contributed by atoms with Crippen LogP contribution in [0.4, 0.5) is 5.69 Å². The minimum absolute atomic E-state index is 0.450. The Balaban J connectivity index is 2.06. The van der Waals surface area contributed by atoms with Crippen molar-refractivity contribution >= 4 is 11.3 Å². The van der Waals surface area contributed by atoms with E-state index in [0.717, 1.165) is 24.6 Å². The molecule has 0 radical (unpaired) electrons. The smallest absolute Gasteiger partial charge is 0.183 e. The zero-order valence-corrected chi connectivity index (χ0v) is 9.06. The highest BCUT2D eigenvalue weighted by Crippen LogP contribution is 2.23. The number of rotatable bonds is 1. The monoisotopic (exact) mass is 217 g/mol. The van der Waals surface area contributed by atoms with E-state index in [1.54, 1.807) is 0 Å². The molecule has 1 saturated heterocycles. The fraction of sp³-hybridized carbons (Fsp3) is 0.455. The Hall–Kier alpha value is -1.62. The lowest BCUT2D eigenvalue weighted by atomic mass is 9.99. The van der Waals surface area contributed by atoms with E-state index in [1.165, 1.54) is 12.8 Å². The minimum Gasteiger partial charge on any atom is -0.396 e. The number of pyridine rings is 1. The summed E-state index contributed by atoms with van der Waals surface area (Å²) in [5.41, 5.74) is 7.31. The van der Waals surface area contributed by atoms with Crippen LogP contribution in [0, 0.1) is 0 Å². The Labute approximate surface area is 93.7 Å². The molecule has 2 aromatic heterocycles. The molecule has 3 rings (SSSR count). The second-order valence-corrected chi connectivity index (χ2v) is 4.26. The van der Waals surface area contributed by atoms with E-state index in [-0.39, 0.29) is 0 Å². The summed E-state index contributed by atoms with van der Waals surface area (Å²) in [6.07, 6.45) is 4.35. The molecule has 1 aliphatic rings. The summed E-state index contributed by atoms with van der Waals surface area (Å²) in [4.78, 5) is 0. The van der Waals surface area contributed by atoms with Gasteiger partial charge in [-0.15, -0.1) is 10.2 Å². The van der Waals surface area contributed by atoms with Gasteiger partial charge in [0.05, 0.1) is 5.69 Å². The normalized spacial score (nSPS) is 21.4. The van der Waals surface area contributed by atoms with E-state index >= 15 is 0 Å². The number of aromatic nitrogens is 3. The molecule has 0 bridgehead atoms. The third-order valence-electron chi connectivity index (χ3n) is 3.15. The van der Waals surface area contributed by atoms with Gasteiger partial charge in [-0.25, -0.2) is 0 Å². The standard InChI is InChI=1S/C11H15N5/c12-9-4-2-6-16-10(14-15-11(9)16)8-3-1-5-13-7-8/h2,4,6,8,13H,1,3,5,7,12H2. The zero-order valence-electron chi connectivity index (χ0n) is 9.06. The van der Waals surface area contributed by atoms with Crippen molar-refractivity contribution in [1.29, 1.82) is 0 Å². The maximum atomic E-state index is 5.86. The molecular formula is C11H15N5. The SMILES string of the molecule is Nc1cccn2c(C3CCCNC3)nnc12. The van der Waals surface area contributed by atoms with E-state index < -0.39 is 0 Å². The molecular weight excluding hydrogens is 202 g/mol. The van der Waals surface area contributed by atoms with E-state index in [4.69, 9.17) is 5.73 Å². The van der Waals surface area contributed by atoms with Gasteiger partial charge in [0.15, 0.2) is 5.65 Å². The Morgan fingerprint density at radius 1 is 1.44 bits per heavy atom. The molecule has 3 N–H and O–H groups in total. The molecule has 84 valence electrons. The van der Waals surface area contributed by atoms with E-state index in [0.29, 0.717) is 11.6 Å². The first-order valence-corrected chi connectivity index (χ1v) is 5.66. The van der Waals surface area contributed by atoms with Crippen LogP contribution in [0.25, 0.3) is 5.65 Å². The van der Waals surface area contributed by atoms with Crippen LogP contribution >= 0.6 is 0 Å². The molecule has 5 nitrogen and oxygen atoms in total. The third kappa shape index (κ3) is 1.44. The van der Waals surface area contributed by atoms with Gasteiger partial charge in [-0.05, 0) is 31.5 Å². The lowest BCUT2D eigenvalue weighted by molar-refractivity contribution is 0.444. The quantitative estimate of drug-likeness (QED) is 0.740. The van der Waals surface area contributed by atoms with E-state index in [9.17, 15) is 0 Å². The van der Waals surface area contributed by atoms with Crippen LogP contribution in [-0.2, 0) is 0 Å². The van der Waals surface area contributed by atoms with Crippen LogP contribution in [0.2, 0.25) is 0 Å². The highest BCUT2D eigenvalue weighted by molar-refractivity contribution is 5.63. The molecule has 0 amide bonds. The van der Waals surface area contributed by atoms with Gasteiger partial charge in [0, 0.05) is 18.7 Å². The molecule has 1 aliphatic heterocycles. The number of hydrogen-bond acceptors (Lipinski definition) is 4. The number of hydrogen-bond donors (Lipinski definition) is 2. The highest BCUT2D eigenvalue weighted by atomic mass is 15.3. The van der Waals surface area contributed by atoms with Gasteiger partial charge in [-0.1, -0.05) is 0 Å². The largest absolute Gasteiger partial charge is 0.396 e. The number of nitrogens with zero attached hydrogens (tertiary/aromatic N) is 3. The van der Waals surface area contributed by atoms with Crippen molar-refractivity contribution in [2.24, 2.45) is 0 Å². The number of nitrogens with one attached hydrogen (secondary N) is 1. The number of nitrogen functional groups attached to an aromatic ring is 1. The van der Waals surface area contributed by atoms with Crippen LogP contribution in [0.3, 0.4) is 0 Å². The van der Waals surface area contributed by atoms with Crippen molar-refractivity contribution in [3.8, 4) is 0 Å². The van der Waals surface area contributed by atoms with Gasteiger partial charge in [0.1, 0.15) is 5.82 Å². The number of piperidine rings is 1. The summed E-state index contributed by atoms with van der Waals surface area (Å²) in [5.74, 6) is 1.47. The summed E-state index contributed by atoms with van der Waals surface area (Å²) in [5, 5.41) is 11.8. The molecule has 0 aliphatic carbocycles. The van der Waals surface area contributed by atoms with Gasteiger partial charge >= 0.3 is 0 Å². The number of fused-ring (bicyclic) bond motifs is 1. The molecule has 1 unspecified atom stereocenters. The summed E-state index contributed by atoms with van der Waals surface area (Å²) in [7, 11) is 0. The molecule has 0 aromatic carbocycles. The third-order valence-corrected chi connectivity index (χ3v) is 3.15. The Bertz CT molecular complexity index is 498. The molecule has 0 saturated carbocycles. The second kappa shape index (κ2) is 3.75. The predicted octanol–water partition coefficient (Wildman–Crippen LogP) is 0.778. The van der Waals surface area contributed by atoms with Crippen molar-refractivity contribution in [3.05, 3.63) is 24.2 Å². The average molecular weight is 217 g/mol. The summed E-state index contributed by atoms with van der Waals surface area (Å²) < 4.78 is 2.01. The van der Waals surface area contributed by atoms with E-state index in [2.05, 4.69) is 15.5 Å². The lowest BCUT2D eigenvalue weighted by Gasteiger charge is -2.21. The van der Waals surface area contributed by atoms with Crippen LogP contribution in [-0.4, -0.2) is 27.7 Å². The topological polar surface area (TPSA) is 68.2 Å². The van der Waals surface area contributed by atoms with Crippen molar-refractivity contribution in [2.75, 3.05) is 18.8 Å². The van der Waals surface area contributed by atoms with Gasteiger partial charge in [-0.2, -0.15) is 0 Å². The van der Waals surface area contributed by atoms with Crippen molar-refractivity contribution in [2.45, 2.75) is 18.8 Å². The molecule has 0 spiro atoms. The Morgan fingerprint density at radius 2 is 2.38 bits per heavy atom. The first kappa shape index (κ1) is 9.59. The summed E-state index contributed by atoms with van der Waals surface area (Å²) in [6.45, 7) is 2.09. The maximum absolute atomic E-state index is 5.86. The van der Waals surface area contributed by atoms with Crippen molar-refractivity contribution in [3.63, 3.8) is 0 Å². The van der Waals surface area contributed by atoms with Crippen molar-refractivity contribution < 1.29 is 0 Å². The zero-order chi connectivity index (χ0) is 11.0. The number of anilines is 1. The van der Waals surface area contributed by atoms with Crippen LogP contribution in [0.1, 0.15) is 24.6 Å². The molecule has 1 atom stereocenters. The first-order valence-electron chi connectivity index (χ1n) is 5.66. The lowest BCUT2D eigenvalue weighted by Crippen LogP contribution is -2.29. The molecule has 16 heavy (non-hydrogen) atoms. The summed E-state index contributed by atoms with van der Waals surface area (Å²) in [6, 6.07) is 3.79. The van der Waals surface area contributed by atoms with Gasteiger partial charge < -0.3 is 11.1 Å².